The molecule has 0 saturated heterocycles. The summed E-state index contributed by atoms with van der Waals surface area (Å²) in [6.45, 7) is 1.13. The highest BCUT2D eigenvalue weighted by Crippen LogP contribution is 2.41. The van der Waals surface area contributed by atoms with Crippen LogP contribution in [0.15, 0.2) is 17.7 Å². The Balaban J connectivity index is 2.60. The SMILES string of the molecule is CCOC(=O)C1=Cc2cc(OC(F)(F)F)cc(C#N)c2OC1C(F)(F)F. The van der Waals surface area contributed by atoms with Gasteiger partial charge in [0.2, 0.25) is 6.10 Å². The molecule has 1 aliphatic rings. The van der Waals surface area contributed by atoms with Gasteiger partial charge in [-0.3, -0.25) is 0 Å². The second-order valence-corrected chi connectivity index (χ2v) is 4.91. The summed E-state index contributed by atoms with van der Waals surface area (Å²) in [7, 11) is 0. The number of nitrogens with zero attached hydrogens (tertiary/aromatic N) is 1. The minimum Gasteiger partial charge on any atom is -0.474 e. The summed E-state index contributed by atoms with van der Waals surface area (Å²) in [6.07, 6.45) is -12.2. The molecule has 0 aromatic heterocycles. The molecule has 0 aliphatic carbocycles. The van der Waals surface area contributed by atoms with Crippen LogP contribution in [0.25, 0.3) is 6.08 Å². The molecule has 1 aromatic rings. The molecule has 2 rings (SSSR count). The maximum atomic E-state index is 13.2. The van der Waals surface area contributed by atoms with E-state index in [-0.39, 0.29) is 12.2 Å². The highest BCUT2D eigenvalue weighted by Gasteiger charge is 2.49. The molecular weight excluding hydrogens is 372 g/mol. The summed E-state index contributed by atoms with van der Waals surface area (Å²) in [5, 5.41) is 9.00. The molecule has 5 nitrogen and oxygen atoms in total. The van der Waals surface area contributed by atoms with Crippen molar-refractivity contribution in [1.82, 2.24) is 0 Å². The molecule has 26 heavy (non-hydrogen) atoms. The molecular formula is C15H9F6NO4. The maximum Gasteiger partial charge on any atom is 0.573 e. The van der Waals surface area contributed by atoms with Gasteiger partial charge in [0.05, 0.1) is 17.7 Å². The zero-order valence-corrected chi connectivity index (χ0v) is 12.9. The lowest BCUT2D eigenvalue weighted by Gasteiger charge is -2.28. The van der Waals surface area contributed by atoms with Crippen LogP contribution in [0.1, 0.15) is 18.1 Å². The van der Waals surface area contributed by atoms with Gasteiger partial charge in [-0.05, 0) is 19.1 Å². The third-order valence-corrected chi connectivity index (χ3v) is 3.08. The van der Waals surface area contributed by atoms with Crippen LogP contribution in [-0.2, 0) is 9.53 Å². The van der Waals surface area contributed by atoms with Gasteiger partial charge >= 0.3 is 18.5 Å². The summed E-state index contributed by atoms with van der Waals surface area (Å²) in [5.74, 6) is -2.81. The van der Waals surface area contributed by atoms with Crippen molar-refractivity contribution in [1.29, 1.82) is 5.26 Å². The number of ether oxygens (including phenoxy) is 3. The molecule has 0 fully saturated rings. The van der Waals surface area contributed by atoms with Crippen molar-refractivity contribution in [2.24, 2.45) is 0 Å². The van der Waals surface area contributed by atoms with Crippen LogP contribution in [0.4, 0.5) is 26.3 Å². The second kappa shape index (κ2) is 6.78. The molecule has 0 amide bonds. The van der Waals surface area contributed by atoms with Crippen LogP contribution in [0, 0.1) is 11.3 Å². The molecule has 0 saturated carbocycles. The number of nitriles is 1. The Hall–Kier alpha value is -2.90. The first kappa shape index (κ1) is 19.4. The number of fused-ring (bicyclic) bond motifs is 1. The Morgan fingerprint density at radius 1 is 1.27 bits per heavy atom. The van der Waals surface area contributed by atoms with Crippen LogP contribution >= 0.6 is 0 Å². The van der Waals surface area contributed by atoms with E-state index in [1.54, 1.807) is 0 Å². The van der Waals surface area contributed by atoms with Crippen molar-refractivity contribution >= 4 is 12.0 Å². The zero-order valence-electron chi connectivity index (χ0n) is 12.9. The van der Waals surface area contributed by atoms with Gasteiger partial charge < -0.3 is 14.2 Å². The molecule has 1 aromatic carbocycles. The highest BCUT2D eigenvalue weighted by molar-refractivity contribution is 5.96. The second-order valence-electron chi connectivity index (χ2n) is 4.91. The molecule has 140 valence electrons. The summed E-state index contributed by atoms with van der Waals surface area (Å²) in [5.41, 5.74) is -1.93. The van der Waals surface area contributed by atoms with Crippen LogP contribution < -0.4 is 9.47 Å². The van der Waals surface area contributed by atoms with Crippen molar-refractivity contribution in [3.05, 3.63) is 28.8 Å². The zero-order chi connectivity index (χ0) is 19.7. The topological polar surface area (TPSA) is 68.5 Å². The van der Waals surface area contributed by atoms with E-state index in [0.717, 1.165) is 0 Å². The van der Waals surface area contributed by atoms with E-state index < -0.39 is 47.2 Å². The Morgan fingerprint density at radius 2 is 1.92 bits per heavy atom. The van der Waals surface area contributed by atoms with Gasteiger partial charge in [0.1, 0.15) is 17.6 Å². The number of esters is 1. The van der Waals surface area contributed by atoms with Crippen LogP contribution in [0.5, 0.6) is 11.5 Å². The summed E-state index contributed by atoms with van der Waals surface area (Å²) in [4.78, 5) is 11.8. The molecule has 0 spiro atoms. The number of benzene rings is 1. The molecule has 11 heteroatoms. The fourth-order valence-corrected chi connectivity index (χ4v) is 2.19. The predicted molar refractivity (Wildman–Crippen MR) is 72.9 cm³/mol. The number of carbonyl (C=O) groups excluding carboxylic acids is 1. The Labute approximate surface area is 142 Å². The van der Waals surface area contributed by atoms with Gasteiger partial charge in [0.15, 0.2) is 0 Å². The molecule has 1 heterocycles. The van der Waals surface area contributed by atoms with Crippen molar-refractivity contribution in [3.8, 4) is 17.6 Å². The summed E-state index contributed by atoms with van der Waals surface area (Å²) < 4.78 is 89.6. The van der Waals surface area contributed by atoms with Crippen LogP contribution in [0.2, 0.25) is 0 Å². The van der Waals surface area contributed by atoms with Gasteiger partial charge in [0, 0.05) is 11.6 Å². The van der Waals surface area contributed by atoms with Crippen molar-refractivity contribution < 1.29 is 45.3 Å². The van der Waals surface area contributed by atoms with Crippen LogP contribution in [0.3, 0.4) is 0 Å². The first-order chi connectivity index (χ1) is 12.0. The fraction of sp³-hybridized carbons (Fsp3) is 0.333. The number of hydrogen-bond acceptors (Lipinski definition) is 5. The third kappa shape index (κ3) is 4.19. The Bertz CT molecular complexity index is 791. The highest BCUT2D eigenvalue weighted by atomic mass is 19.4. The van der Waals surface area contributed by atoms with E-state index in [1.165, 1.54) is 13.0 Å². The smallest absolute Gasteiger partial charge is 0.474 e. The van der Waals surface area contributed by atoms with Gasteiger partial charge in [-0.2, -0.15) is 18.4 Å². The van der Waals surface area contributed by atoms with E-state index in [9.17, 15) is 31.1 Å². The van der Waals surface area contributed by atoms with E-state index in [4.69, 9.17) is 10.00 Å². The average molecular weight is 381 g/mol. The molecule has 1 unspecified atom stereocenters. The lowest BCUT2D eigenvalue weighted by Crippen LogP contribution is -2.41. The number of alkyl halides is 6. The first-order valence-corrected chi connectivity index (χ1v) is 6.92. The lowest BCUT2D eigenvalue weighted by molar-refractivity contribution is -0.274. The van der Waals surface area contributed by atoms with E-state index in [1.807, 2.05) is 0 Å². The first-order valence-electron chi connectivity index (χ1n) is 6.92. The van der Waals surface area contributed by atoms with Crippen molar-refractivity contribution in [2.45, 2.75) is 25.6 Å². The number of hydrogen-bond donors (Lipinski definition) is 0. The van der Waals surface area contributed by atoms with Crippen molar-refractivity contribution in [2.75, 3.05) is 6.61 Å². The molecule has 0 radical (unpaired) electrons. The quantitative estimate of drug-likeness (QED) is 0.590. The van der Waals surface area contributed by atoms with Gasteiger partial charge in [-0.15, -0.1) is 13.2 Å². The average Bonchev–Trinajstić information content (AvgIpc) is 2.50. The molecule has 0 N–H and O–H groups in total. The molecule has 1 aliphatic heterocycles. The monoisotopic (exact) mass is 381 g/mol. The largest absolute Gasteiger partial charge is 0.573 e. The van der Waals surface area contributed by atoms with Gasteiger partial charge in [0.25, 0.3) is 0 Å². The Morgan fingerprint density at radius 3 is 2.42 bits per heavy atom. The normalized spacial score (nSPS) is 16.7. The molecule has 0 bridgehead atoms. The lowest BCUT2D eigenvalue weighted by atomic mass is 9.98. The van der Waals surface area contributed by atoms with Gasteiger partial charge in [-0.25, -0.2) is 4.79 Å². The van der Waals surface area contributed by atoms with E-state index in [0.29, 0.717) is 18.2 Å². The summed E-state index contributed by atoms with van der Waals surface area (Å²) in [6, 6.07) is 2.73. The summed E-state index contributed by atoms with van der Waals surface area (Å²) >= 11 is 0. The number of halogens is 6. The standard InChI is InChI=1S/C15H9F6NO4/c1-2-24-13(23)10-5-7-3-9(26-15(19,20)21)4-8(6-22)11(7)25-12(10)14(16,17)18/h3-5,12H,2H2,1H3. The maximum absolute atomic E-state index is 13.2. The van der Waals surface area contributed by atoms with E-state index in [2.05, 4.69) is 9.47 Å². The third-order valence-electron chi connectivity index (χ3n) is 3.08. The number of carbonyl (C=O) groups is 1. The predicted octanol–water partition coefficient (Wildman–Crippen LogP) is 3.73. The molecule has 1 atom stereocenters. The number of rotatable bonds is 3. The van der Waals surface area contributed by atoms with Crippen molar-refractivity contribution in [3.63, 3.8) is 0 Å². The fourth-order valence-electron chi connectivity index (χ4n) is 2.19. The van der Waals surface area contributed by atoms with Gasteiger partial charge in [-0.1, -0.05) is 0 Å². The van der Waals surface area contributed by atoms with E-state index >= 15 is 0 Å². The van der Waals surface area contributed by atoms with Crippen LogP contribution in [-0.4, -0.2) is 31.2 Å². The Kier molecular flexibility index (Phi) is 5.06. The minimum absolute atomic E-state index is 0.228. The minimum atomic E-state index is -5.08.